The molecule has 3 rings (SSSR count). The van der Waals surface area contributed by atoms with E-state index >= 15 is 0 Å². The quantitative estimate of drug-likeness (QED) is 0.744. The van der Waals surface area contributed by atoms with Crippen LogP contribution in [-0.2, 0) is 13.6 Å². The first-order chi connectivity index (χ1) is 12.1. The van der Waals surface area contributed by atoms with Crippen molar-refractivity contribution >= 4 is 17.1 Å². The Morgan fingerprint density at radius 1 is 1.04 bits per heavy atom. The number of aromatic amines is 1. The first-order valence-corrected chi connectivity index (χ1v) is 9.58. The number of aryl methyl sites for hydroxylation is 2. The lowest BCUT2D eigenvalue weighted by atomic mass is 10.1. The Hall–Kier alpha value is -2.05. The number of hydrogen-bond acceptors (Lipinski definition) is 4. The van der Waals surface area contributed by atoms with E-state index in [1.165, 1.54) is 30.3 Å². The predicted molar refractivity (Wildman–Crippen MR) is 100 cm³/mol. The molecule has 7 nitrogen and oxygen atoms in total. The number of aromatic nitrogens is 4. The van der Waals surface area contributed by atoms with E-state index in [0.717, 1.165) is 51.3 Å². The van der Waals surface area contributed by atoms with Gasteiger partial charge in [-0.05, 0) is 19.3 Å². The first kappa shape index (κ1) is 17.8. The van der Waals surface area contributed by atoms with Gasteiger partial charge in [-0.25, -0.2) is 4.79 Å². The highest BCUT2D eigenvalue weighted by Crippen LogP contribution is 2.24. The van der Waals surface area contributed by atoms with Crippen molar-refractivity contribution in [2.24, 2.45) is 7.05 Å². The zero-order valence-electron chi connectivity index (χ0n) is 15.4. The topological polar surface area (TPSA) is 75.9 Å². The normalized spacial score (nSPS) is 14.7. The lowest BCUT2D eigenvalue weighted by Gasteiger charge is -2.18. The van der Waals surface area contributed by atoms with Gasteiger partial charge in [0.25, 0.3) is 5.56 Å². The van der Waals surface area contributed by atoms with E-state index in [-0.39, 0.29) is 5.56 Å². The highest BCUT2D eigenvalue weighted by Gasteiger charge is 2.23. The van der Waals surface area contributed by atoms with Gasteiger partial charge in [-0.15, -0.1) is 0 Å². The minimum Gasteiger partial charge on any atom is -0.342 e. The molecule has 1 saturated heterocycles. The van der Waals surface area contributed by atoms with Gasteiger partial charge in [0, 0.05) is 26.7 Å². The maximum atomic E-state index is 12.4. The minimum atomic E-state index is -0.408. The summed E-state index contributed by atoms with van der Waals surface area (Å²) in [6.07, 6.45) is 9.51. The third-order valence-electron chi connectivity index (χ3n) is 5.11. The summed E-state index contributed by atoms with van der Waals surface area (Å²) in [6.45, 7) is 4.92. The molecule has 1 aliphatic rings. The number of imidazole rings is 1. The molecule has 138 valence electrons. The Kier molecular flexibility index (Phi) is 5.60. The average Bonchev–Trinajstić information content (AvgIpc) is 3.23. The molecule has 0 bridgehead atoms. The molecule has 2 aromatic heterocycles. The number of nitrogens with zero attached hydrogens (tertiary/aromatic N) is 4. The summed E-state index contributed by atoms with van der Waals surface area (Å²) in [5.74, 6) is 0.841. The van der Waals surface area contributed by atoms with Crippen molar-refractivity contribution in [3.05, 3.63) is 20.8 Å². The lowest BCUT2D eigenvalue weighted by Crippen LogP contribution is -2.29. The third-order valence-corrected chi connectivity index (χ3v) is 5.11. The van der Waals surface area contributed by atoms with Crippen molar-refractivity contribution in [2.75, 3.05) is 18.0 Å². The Morgan fingerprint density at radius 3 is 2.44 bits per heavy atom. The minimum absolute atomic E-state index is 0.331. The van der Waals surface area contributed by atoms with Gasteiger partial charge in [0.15, 0.2) is 11.2 Å². The maximum absolute atomic E-state index is 12.4. The molecule has 7 heteroatoms. The van der Waals surface area contributed by atoms with Crippen LogP contribution in [0.3, 0.4) is 0 Å². The molecule has 0 spiro atoms. The number of rotatable bonds is 8. The van der Waals surface area contributed by atoms with Gasteiger partial charge < -0.3 is 9.47 Å². The number of anilines is 1. The number of fused-ring (bicyclic) bond motifs is 1. The van der Waals surface area contributed by atoms with Crippen LogP contribution >= 0.6 is 0 Å². The van der Waals surface area contributed by atoms with Gasteiger partial charge >= 0.3 is 5.69 Å². The van der Waals surface area contributed by atoms with E-state index in [0.29, 0.717) is 11.2 Å². The second-order valence-corrected chi connectivity index (χ2v) is 7.02. The molecule has 0 aromatic carbocycles. The van der Waals surface area contributed by atoms with Crippen molar-refractivity contribution in [3.63, 3.8) is 0 Å². The molecule has 0 unspecified atom stereocenters. The molecule has 0 aliphatic carbocycles. The van der Waals surface area contributed by atoms with E-state index in [9.17, 15) is 9.59 Å². The molecule has 1 aliphatic heterocycles. The summed E-state index contributed by atoms with van der Waals surface area (Å²) in [5, 5.41) is 0. The van der Waals surface area contributed by atoms with Crippen LogP contribution in [0.5, 0.6) is 0 Å². The summed E-state index contributed by atoms with van der Waals surface area (Å²) in [5.41, 5.74) is 0.274. The van der Waals surface area contributed by atoms with Crippen molar-refractivity contribution in [3.8, 4) is 0 Å². The number of H-pyrrole nitrogens is 1. The molecule has 0 radical (unpaired) electrons. The van der Waals surface area contributed by atoms with E-state index in [2.05, 4.69) is 21.8 Å². The van der Waals surface area contributed by atoms with Crippen LogP contribution in [0.2, 0.25) is 0 Å². The van der Waals surface area contributed by atoms with Gasteiger partial charge in [-0.3, -0.25) is 14.3 Å². The fraction of sp³-hybridized carbons (Fsp3) is 0.722. The summed E-state index contributed by atoms with van der Waals surface area (Å²) >= 11 is 0. The number of nitrogens with one attached hydrogen (secondary N) is 1. The predicted octanol–water partition coefficient (Wildman–Crippen LogP) is 2.38. The van der Waals surface area contributed by atoms with E-state index < -0.39 is 5.69 Å². The van der Waals surface area contributed by atoms with E-state index in [1.807, 2.05) is 4.57 Å². The van der Waals surface area contributed by atoms with Crippen molar-refractivity contribution in [1.82, 2.24) is 19.1 Å². The summed E-state index contributed by atoms with van der Waals surface area (Å²) in [4.78, 5) is 33.7. The summed E-state index contributed by atoms with van der Waals surface area (Å²) < 4.78 is 3.47. The van der Waals surface area contributed by atoms with Gasteiger partial charge in [0.05, 0.1) is 0 Å². The second-order valence-electron chi connectivity index (χ2n) is 7.02. The molecule has 0 atom stereocenters. The molecule has 1 fully saturated rings. The van der Waals surface area contributed by atoms with Crippen molar-refractivity contribution in [2.45, 2.75) is 64.8 Å². The van der Waals surface area contributed by atoms with Crippen molar-refractivity contribution < 1.29 is 0 Å². The summed E-state index contributed by atoms with van der Waals surface area (Å²) in [7, 11) is 1.66. The van der Waals surface area contributed by atoms with Crippen LogP contribution < -0.4 is 16.1 Å². The van der Waals surface area contributed by atoms with Crippen LogP contribution in [0.25, 0.3) is 11.2 Å². The van der Waals surface area contributed by atoms with Gasteiger partial charge in [0.2, 0.25) is 5.95 Å². The Balaban J connectivity index is 1.90. The highest BCUT2D eigenvalue weighted by molar-refractivity contribution is 5.74. The monoisotopic (exact) mass is 347 g/mol. The van der Waals surface area contributed by atoms with Gasteiger partial charge in [-0.1, -0.05) is 39.0 Å². The zero-order valence-corrected chi connectivity index (χ0v) is 15.4. The number of unbranched alkanes of at least 4 members (excludes halogenated alkanes) is 5. The Morgan fingerprint density at radius 2 is 1.72 bits per heavy atom. The molecule has 3 heterocycles. The first-order valence-electron chi connectivity index (χ1n) is 9.58. The fourth-order valence-electron chi connectivity index (χ4n) is 3.64. The molecule has 2 aromatic rings. The standard InChI is InChI=1S/C18H29N5O2/c1-3-4-5-6-7-8-13-23-14-15(21(2)18(25)20-16(14)24)19-17(23)22-11-9-10-12-22/h3-13H2,1-2H3,(H,20,24,25). The number of hydrogen-bond donors (Lipinski definition) is 1. The van der Waals surface area contributed by atoms with Crippen LogP contribution in [0, 0.1) is 0 Å². The zero-order chi connectivity index (χ0) is 17.8. The molecular formula is C18H29N5O2. The SMILES string of the molecule is CCCCCCCCn1c(N2CCCC2)nc2c1c(=O)[nH]c(=O)n2C. The lowest BCUT2D eigenvalue weighted by molar-refractivity contribution is 0.561. The second kappa shape index (κ2) is 7.89. The average molecular weight is 347 g/mol. The van der Waals surface area contributed by atoms with Gasteiger partial charge in [0.1, 0.15) is 0 Å². The maximum Gasteiger partial charge on any atom is 0.329 e. The van der Waals surface area contributed by atoms with Crippen LogP contribution in [0.1, 0.15) is 58.3 Å². The summed E-state index contributed by atoms with van der Waals surface area (Å²) in [6, 6.07) is 0. The molecule has 25 heavy (non-hydrogen) atoms. The highest BCUT2D eigenvalue weighted by atomic mass is 16.2. The van der Waals surface area contributed by atoms with E-state index in [1.54, 1.807) is 7.05 Å². The largest absolute Gasteiger partial charge is 0.342 e. The molecule has 1 N–H and O–H groups in total. The molecule has 0 amide bonds. The van der Waals surface area contributed by atoms with Crippen molar-refractivity contribution in [1.29, 1.82) is 0 Å². The van der Waals surface area contributed by atoms with Crippen LogP contribution in [-0.4, -0.2) is 32.2 Å². The third kappa shape index (κ3) is 3.65. The van der Waals surface area contributed by atoms with Gasteiger partial charge in [-0.2, -0.15) is 4.98 Å². The van der Waals surface area contributed by atoms with E-state index in [4.69, 9.17) is 0 Å². The molecule has 0 saturated carbocycles. The fourth-order valence-corrected chi connectivity index (χ4v) is 3.64. The molecular weight excluding hydrogens is 318 g/mol. The van der Waals surface area contributed by atoms with Crippen LogP contribution in [0.4, 0.5) is 5.95 Å². The Bertz CT molecular complexity index is 826. The van der Waals surface area contributed by atoms with Crippen LogP contribution in [0.15, 0.2) is 9.59 Å². The Labute approximate surface area is 147 Å². The smallest absolute Gasteiger partial charge is 0.329 e.